The monoisotopic (exact) mass is 488 g/mol. The maximum atomic E-state index is 13.3. The number of nitrogens with one attached hydrogen (secondary N) is 2. The van der Waals surface area contributed by atoms with Gasteiger partial charge in [0.1, 0.15) is 0 Å². The number of hydrogen-bond donors (Lipinski definition) is 2. The molecular weight excluding hydrogens is 468 g/mol. The number of benzene rings is 2. The highest BCUT2D eigenvalue weighted by Gasteiger charge is 2.19. The first-order valence-electron chi connectivity index (χ1n) is 9.38. The first kappa shape index (κ1) is 22.0. The summed E-state index contributed by atoms with van der Waals surface area (Å²) < 4.78 is 2.38. The minimum absolute atomic E-state index is 0.0485. The molecule has 0 saturated heterocycles. The zero-order valence-corrected chi connectivity index (χ0v) is 18.9. The molecule has 156 valence electrons. The van der Waals surface area contributed by atoms with Crippen molar-refractivity contribution in [2.75, 3.05) is 12.3 Å². The largest absolute Gasteiger partial charge is 0.338 e. The molecule has 9 heteroatoms. The van der Waals surface area contributed by atoms with Crippen LogP contribution in [0, 0.1) is 0 Å². The molecule has 2 aromatic carbocycles. The van der Waals surface area contributed by atoms with Crippen molar-refractivity contribution in [3.05, 3.63) is 68.9 Å². The lowest BCUT2D eigenvalue weighted by atomic mass is 10.1. The maximum Gasteiger partial charge on any atom is 0.321 e. The van der Waals surface area contributed by atoms with Gasteiger partial charge in [-0.05, 0) is 37.6 Å². The van der Waals surface area contributed by atoms with E-state index < -0.39 is 11.9 Å². The Balaban J connectivity index is 1.99. The number of rotatable bonds is 6. The predicted molar refractivity (Wildman–Crippen MR) is 122 cm³/mol. The second-order valence-electron chi connectivity index (χ2n) is 6.51. The molecule has 3 amide bonds. The lowest BCUT2D eigenvalue weighted by Crippen LogP contribution is -2.40. The Morgan fingerprint density at radius 3 is 2.63 bits per heavy atom. The summed E-state index contributed by atoms with van der Waals surface area (Å²) in [4.78, 5) is 41.7. The summed E-state index contributed by atoms with van der Waals surface area (Å²) in [6, 6.07) is 14.1. The number of aromatic nitrogens is 2. The number of thioether (sulfide) groups is 1. The predicted octanol–water partition coefficient (Wildman–Crippen LogP) is 3.71. The average molecular weight is 489 g/mol. The fraction of sp³-hybridized carbons (Fsp3) is 0.238. The zero-order valence-electron chi connectivity index (χ0n) is 16.5. The quantitative estimate of drug-likeness (QED) is 0.407. The minimum atomic E-state index is -0.547. The molecule has 0 saturated carbocycles. The number of fused-ring (bicyclic) bond motifs is 1. The molecule has 1 unspecified atom stereocenters. The standard InChI is InChI=1S/C21H21BrN4O3S/c1-3-23-20(29)25-18(27)12-30-21-24-17-10-9-15(22)11-16(17)19(28)26(21)13(2)14-7-5-4-6-8-14/h4-11,13H,3,12H2,1-2H3,(H2,23,25,27,29). The Bertz CT molecular complexity index is 1130. The molecule has 1 aromatic heterocycles. The molecule has 0 fully saturated rings. The number of amides is 3. The third kappa shape index (κ3) is 5.09. The van der Waals surface area contributed by atoms with Crippen molar-refractivity contribution in [3.63, 3.8) is 0 Å². The van der Waals surface area contributed by atoms with E-state index in [4.69, 9.17) is 0 Å². The lowest BCUT2D eigenvalue weighted by molar-refractivity contribution is -0.117. The summed E-state index contributed by atoms with van der Waals surface area (Å²) in [5.74, 6) is -0.511. The number of hydrogen-bond acceptors (Lipinski definition) is 5. The molecule has 2 N–H and O–H groups in total. The lowest BCUT2D eigenvalue weighted by Gasteiger charge is -2.20. The number of nitrogens with zero attached hydrogens (tertiary/aromatic N) is 2. The second kappa shape index (κ2) is 9.90. The van der Waals surface area contributed by atoms with Crippen LogP contribution in [0.3, 0.4) is 0 Å². The van der Waals surface area contributed by atoms with Gasteiger partial charge >= 0.3 is 6.03 Å². The summed E-state index contributed by atoms with van der Waals surface area (Å²) in [6.07, 6.45) is 0. The Morgan fingerprint density at radius 1 is 1.20 bits per heavy atom. The van der Waals surface area contributed by atoms with Crippen LogP contribution < -0.4 is 16.2 Å². The zero-order chi connectivity index (χ0) is 21.7. The van der Waals surface area contributed by atoms with Crippen LogP contribution in [0.5, 0.6) is 0 Å². The molecule has 0 aliphatic rings. The van der Waals surface area contributed by atoms with Gasteiger partial charge in [0.25, 0.3) is 5.56 Å². The molecule has 3 rings (SSSR count). The molecule has 0 aliphatic carbocycles. The van der Waals surface area contributed by atoms with Crippen LogP contribution >= 0.6 is 27.7 Å². The van der Waals surface area contributed by atoms with E-state index >= 15 is 0 Å². The topological polar surface area (TPSA) is 93.1 Å². The van der Waals surface area contributed by atoms with Gasteiger partial charge in [0, 0.05) is 11.0 Å². The number of carbonyl (C=O) groups excluding carboxylic acids is 2. The maximum absolute atomic E-state index is 13.3. The van der Waals surface area contributed by atoms with E-state index in [0.29, 0.717) is 22.6 Å². The van der Waals surface area contributed by atoms with Crippen LogP contribution in [0.2, 0.25) is 0 Å². The highest BCUT2D eigenvalue weighted by atomic mass is 79.9. The Hall–Kier alpha value is -2.65. The molecule has 30 heavy (non-hydrogen) atoms. The van der Waals surface area contributed by atoms with Crippen LogP contribution in [0.25, 0.3) is 10.9 Å². The highest BCUT2D eigenvalue weighted by Crippen LogP contribution is 2.25. The van der Waals surface area contributed by atoms with Gasteiger partial charge in [0.15, 0.2) is 5.16 Å². The first-order valence-corrected chi connectivity index (χ1v) is 11.2. The van der Waals surface area contributed by atoms with E-state index in [-0.39, 0.29) is 17.4 Å². The van der Waals surface area contributed by atoms with Gasteiger partial charge in [-0.25, -0.2) is 9.78 Å². The summed E-state index contributed by atoms with van der Waals surface area (Å²) in [5, 5.41) is 5.67. The average Bonchev–Trinajstić information content (AvgIpc) is 2.73. The molecular formula is C21H21BrN4O3S. The van der Waals surface area contributed by atoms with Gasteiger partial charge in [-0.2, -0.15) is 0 Å². The molecule has 0 bridgehead atoms. The molecule has 1 heterocycles. The third-order valence-electron chi connectivity index (χ3n) is 4.42. The number of carbonyl (C=O) groups is 2. The van der Waals surface area contributed by atoms with Crippen molar-refractivity contribution in [3.8, 4) is 0 Å². The van der Waals surface area contributed by atoms with E-state index in [1.54, 1.807) is 23.6 Å². The van der Waals surface area contributed by atoms with Gasteiger partial charge < -0.3 is 5.32 Å². The second-order valence-corrected chi connectivity index (χ2v) is 8.37. The molecule has 0 radical (unpaired) electrons. The highest BCUT2D eigenvalue weighted by molar-refractivity contribution is 9.10. The molecule has 0 aliphatic heterocycles. The van der Waals surface area contributed by atoms with E-state index in [1.165, 1.54) is 0 Å². The van der Waals surface area contributed by atoms with Crippen LogP contribution in [0.15, 0.2) is 63.0 Å². The van der Waals surface area contributed by atoms with E-state index in [2.05, 4.69) is 31.5 Å². The van der Waals surface area contributed by atoms with Crippen molar-refractivity contribution in [2.24, 2.45) is 0 Å². The van der Waals surface area contributed by atoms with E-state index in [9.17, 15) is 14.4 Å². The van der Waals surface area contributed by atoms with Gasteiger partial charge in [0.2, 0.25) is 5.91 Å². The molecule has 3 aromatic rings. The normalized spacial score (nSPS) is 11.8. The number of imide groups is 1. The van der Waals surface area contributed by atoms with Crippen LogP contribution in [0.4, 0.5) is 4.79 Å². The molecule has 7 nitrogen and oxygen atoms in total. The fourth-order valence-electron chi connectivity index (χ4n) is 2.97. The Labute approximate surface area is 186 Å². The van der Waals surface area contributed by atoms with Gasteiger partial charge in [-0.3, -0.25) is 19.5 Å². The van der Waals surface area contributed by atoms with Crippen LogP contribution in [-0.2, 0) is 4.79 Å². The van der Waals surface area contributed by atoms with Crippen LogP contribution in [0.1, 0.15) is 25.5 Å². The Kier molecular flexibility index (Phi) is 7.28. The minimum Gasteiger partial charge on any atom is -0.338 e. The SMILES string of the molecule is CCNC(=O)NC(=O)CSc1nc2ccc(Br)cc2c(=O)n1C(C)c1ccccc1. The molecule has 1 atom stereocenters. The molecule has 0 spiro atoms. The smallest absolute Gasteiger partial charge is 0.321 e. The third-order valence-corrected chi connectivity index (χ3v) is 5.87. The van der Waals surface area contributed by atoms with Gasteiger partial charge in [-0.15, -0.1) is 0 Å². The van der Waals surface area contributed by atoms with Crippen molar-refractivity contribution >= 4 is 50.5 Å². The number of urea groups is 1. The van der Waals surface area contributed by atoms with Crippen LogP contribution in [-0.4, -0.2) is 33.8 Å². The summed E-state index contributed by atoms with van der Waals surface area (Å²) in [6.45, 7) is 4.10. The van der Waals surface area contributed by atoms with E-state index in [0.717, 1.165) is 21.8 Å². The van der Waals surface area contributed by atoms with E-state index in [1.807, 2.05) is 43.3 Å². The van der Waals surface area contributed by atoms with Gasteiger partial charge in [-0.1, -0.05) is 58.0 Å². The number of halogens is 1. The summed E-state index contributed by atoms with van der Waals surface area (Å²) in [5.41, 5.74) is 1.31. The van der Waals surface area contributed by atoms with Crippen molar-refractivity contribution < 1.29 is 9.59 Å². The summed E-state index contributed by atoms with van der Waals surface area (Å²) >= 11 is 4.52. The Morgan fingerprint density at radius 2 is 1.93 bits per heavy atom. The summed E-state index contributed by atoms with van der Waals surface area (Å²) in [7, 11) is 0. The van der Waals surface area contributed by atoms with Crippen molar-refractivity contribution in [1.82, 2.24) is 20.2 Å². The van der Waals surface area contributed by atoms with Gasteiger partial charge in [0.05, 0.1) is 22.7 Å². The van der Waals surface area contributed by atoms with Crippen molar-refractivity contribution in [2.45, 2.75) is 25.0 Å². The fourth-order valence-corrected chi connectivity index (χ4v) is 4.21. The first-order chi connectivity index (χ1) is 14.4. The van der Waals surface area contributed by atoms with Crippen molar-refractivity contribution in [1.29, 1.82) is 0 Å².